The Hall–Kier alpha value is -1.26. The molecule has 2 amide bonds. The third-order valence-electron chi connectivity index (χ3n) is 2.50. The van der Waals surface area contributed by atoms with Crippen LogP contribution in [0.3, 0.4) is 0 Å². The summed E-state index contributed by atoms with van der Waals surface area (Å²) in [5.74, 6) is 0.327. The minimum absolute atomic E-state index is 0.0466. The summed E-state index contributed by atoms with van der Waals surface area (Å²) in [7, 11) is 1.37. The Kier molecular flexibility index (Phi) is 3.94. The molecule has 0 aromatic carbocycles. The van der Waals surface area contributed by atoms with Gasteiger partial charge in [0.1, 0.15) is 0 Å². The fourth-order valence-corrected chi connectivity index (χ4v) is 2.02. The van der Waals surface area contributed by atoms with Crippen molar-refractivity contribution in [1.82, 2.24) is 10.2 Å². The zero-order valence-corrected chi connectivity index (χ0v) is 9.45. The number of methoxy groups -OCH3 is 1. The molecular weight excluding hydrogens is 196 g/mol. The monoisotopic (exact) mass is 214 g/mol. The fourth-order valence-electron chi connectivity index (χ4n) is 2.02. The van der Waals surface area contributed by atoms with Gasteiger partial charge in [0.25, 0.3) is 0 Å². The van der Waals surface area contributed by atoms with Crippen LogP contribution in [0.2, 0.25) is 0 Å². The number of nitrogens with one attached hydrogen (secondary N) is 1. The molecule has 0 aromatic heterocycles. The Morgan fingerprint density at radius 2 is 2.07 bits per heavy atom. The Morgan fingerprint density at radius 3 is 2.60 bits per heavy atom. The van der Waals surface area contributed by atoms with E-state index in [-0.39, 0.29) is 18.0 Å². The van der Waals surface area contributed by atoms with Crippen molar-refractivity contribution >= 4 is 12.0 Å². The van der Waals surface area contributed by atoms with Crippen LogP contribution in [0, 0.1) is 5.92 Å². The van der Waals surface area contributed by atoms with Gasteiger partial charge in [0.15, 0.2) is 0 Å². The first-order chi connectivity index (χ1) is 7.02. The van der Waals surface area contributed by atoms with Gasteiger partial charge in [-0.25, -0.2) is 4.79 Å². The minimum atomic E-state index is -0.322. The smallest absolute Gasteiger partial charge is 0.409 e. The lowest BCUT2D eigenvalue weighted by molar-refractivity contribution is -0.120. The molecule has 0 radical (unpaired) electrons. The molecule has 1 fully saturated rings. The quantitative estimate of drug-likeness (QED) is 0.695. The van der Waals surface area contributed by atoms with Crippen molar-refractivity contribution in [3.05, 3.63) is 0 Å². The summed E-state index contributed by atoms with van der Waals surface area (Å²) in [5, 5.41) is 2.83. The van der Waals surface area contributed by atoms with Crippen molar-refractivity contribution in [2.24, 2.45) is 5.92 Å². The molecule has 5 heteroatoms. The SMILES string of the molecule is COC(=O)N1CC(C)CC(NC(C)=O)C1. The van der Waals surface area contributed by atoms with Crippen LogP contribution in [-0.4, -0.2) is 43.1 Å². The second kappa shape index (κ2) is 5.00. The summed E-state index contributed by atoms with van der Waals surface area (Å²) >= 11 is 0. The van der Waals surface area contributed by atoms with Crippen LogP contribution in [0.1, 0.15) is 20.3 Å². The molecule has 15 heavy (non-hydrogen) atoms. The van der Waals surface area contributed by atoms with Crippen LogP contribution in [-0.2, 0) is 9.53 Å². The van der Waals surface area contributed by atoms with E-state index < -0.39 is 0 Å². The maximum atomic E-state index is 11.3. The third-order valence-corrected chi connectivity index (χ3v) is 2.50. The zero-order chi connectivity index (χ0) is 11.4. The summed E-state index contributed by atoms with van der Waals surface area (Å²) in [4.78, 5) is 23.9. The molecule has 5 nitrogen and oxygen atoms in total. The van der Waals surface area contributed by atoms with Crippen LogP contribution in [0.25, 0.3) is 0 Å². The highest BCUT2D eigenvalue weighted by atomic mass is 16.5. The molecule has 0 bridgehead atoms. The van der Waals surface area contributed by atoms with Gasteiger partial charge in [-0.05, 0) is 12.3 Å². The molecule has 0 saturated carbocycles. The molecule has 1 heterocycles. The average molecular weight is 214 g/mol. The Balaban J connectivity index is 2.55. The van der Waals surface area contributed by atoms with Crippen LogP contribution in [0.4, 0.5) is 4.79 Å². The van der Waals surface area contributed by atoms with E-state index in [0.717, 1.165) is 6.42 Å². The predicted octanol–water partition coefficient (Wildman–Crippen LogP) is 0.599. The number of rotatable bonds is 1. The minimum Gasteiger partial charge on any atom is -0.453 e. The van der Waals surface area contributed by atoms with Gasteiger partial charge in [-0.15, -0.1) is 0 Å². The Labute approximate surface area is 89.8 Å². The highest BCUT2D eigenvalue weighted by Gasteiger charge is 2.28. The third kappa shape index (κ3) is 3.42. The number of hydrogen-bond donors (Lipinski definition) is 1. The molecule has 1 saturated heterocycles. The van der Waals surface area contributed by atoms with Gasteiger partial charge in [0.05, 0.1) is 7.11 Å². The molecule has 2 unspecified atom stereocenters. The molecule has 1 N–H and O–H groups in total. The number of carbonyl (C=O) groups is 2. The van der Waals surface area contributed by atoms with Gasteiger partial charge in [0, 0.05) is 26.1 Å². The molecule has 1 rings (SSSR count). The number of hydrogen-bond acceptors (Lipinski definition) is 3. The molecule has 0 aliphatic carbocycles. The number of nitrogens with zero attached hydrogens (tertiary/aromatic N) is 1. The van der Waals surface area contributed by atoms with Gasteiger partial charge >= 0.3 is 6.09 Å². The molecule has 86 valence electrons. The molecule has 1 aliphatic heterocycles. The fraction of sp³-hybridized carbons (Fsp3) is 0.800. The normalized spacial score (nSPS) is 25.9. The van der Waals surface area contributed by atoms with Gasteiger partial charge in [-0.1, -0.05) is 6.92 Å². The lowest BCUT2D eigenvalue weighted by Gasteiger charge is -2.35. The average Bonchev–Trinajstić information content (AvgIpc) is 2.14. The van der Waals surface area contributed by atoms with Gasteiger partial charge in [0.2, 0.25) is 5.91 Å². The van der Waals surface area contributed by atoms with Crippen molar-refractivity contribution in [1.29, 1.82) is 0 Å². The van der Waals surface area contributed by atoms with Crippen molar-refractivity contribution in [2.75, 3.05) is 20.2 Å². The highest BCUT2D eigenvalue weighted by Crippen LogP contribution is 2.16. The molecular formula is C10H18N2O3. The lowest BCUT2D eigenvalue weighted by Crippen LogP contribution is -2.51. The van der Waals surface area contributed by atoms with E-state index in [1.807, 2.05) is 0 Å². The van der Waals surface area contributed by atoms with Crippen LogP contribution < -0.4 is 5.32 Å². The summed E-state index contributed by atoms with van der Waals surface area (Å²) < 4.78 is 4.67. The standard InChI is InChI=1S/C10H18N2O3/c1-7-4-9(11-8(2)13)6-12(5-7)10(14)15-3/h7,9H,4-6H2,1-3H3,(H,11,13). The largest absolute Gasteiger partial charge is 0.453 e. The van der Waals surface area contributed by atoms with E-state index in [9.17, 15) is 9.59 Å². The second-order valence-electron chi connectivity index (χ2n) is 4.11. The van der Waals surface area contributed by atoms with Gasteiger partial charge in [-0.2, -0.15) is 0 Å². The number of piperidine rings is 1. The van der Waals surface area contributed by atoms with E-state index in [1.54, 1.807) is 4.90 Å². The van der Waals surface area contributed by atoms with E-state index in [2.05, 4.69) is 17.0 Å². The van der Waals surface area contributed by atoms with Crippen molar-refractivity contribution < 1.29 is 14.3 Å². The summed E-state index contributed by atoms with van der Waals surface area (Å²) in [5.41, 5.74) is 0. The van der Waals surface area contributed by atoms with E-state index in [1.165, 1.54) is 14.0 Å². The van der Waals surface area contributed by atoms with E-state index in [4.69, 9.17) is 0 Å². The molecule has 0 spiro atoms. The first-order valence-corrected chi connectivity index (χ1v) is 5.13. The van der Waals surface area contributed by atoms with Crippen LogP contribution in [0.5, 0.6) is 0 Å². The van der Waals surface area contributed by atoms with E-state index in [0.29, 0.717) is 19.0 Å². The topological polar surface area (TPSA) is 58.6 Å². The van der Waals surface area contributed by atoms with E-state index >= 15 is 0 Å². The first-order valence-electron chi connectivity index (χ1n) is 5.13. The molecule has 0 aromatic rings. The molecule has 1 aliphatic rings. The second-order valence-corrected chi connectivity index (χ2v) is 4.11. The van der Waals surface area contributed by atoms with Gasteiger partial charge in [-0.3, -0.25) is 4.79 Å². The number of ether oxygens (including phenoxy) is 1. The maximum Gasteiger partial charge on any atom is 0.409 e. The van der Waals surface area contributed by atoms with Crippen molar-refractivity contribution in [3.8, 4) is 0 Å². The number of carbonyl (C=O) groups excluding carboxylic acids is 2. The maximum absolute atomic E-state index is 11.3. The van der Waals surface area contributed by atoms with Crippen molar-refractivity contribution in [3.63, 3.8) is 0 Å². The van der Waals surface area contributed by atoms with Crippen LogP contribution >= 0.6 is 0 Å². The van der Waals surface area contributed by atoms with Gasteiger partial charge < -0.3 is 15.0 Å². The summed E-state index contributed by atoms with van der Waals surface area (Å²) in [6.45, 7) is 4.78. The lowest BCUT2D eigenvalue weighted by atomic mass is 9.96. The Bertz CT molecular complexity index is 255. The molecule has 2 atom stereocenters. The predicted molar refractivity (Wildman–Crippen MR) is 55.4 cm³/mol. The van der Waals surface area contributed by atoms with Crippen LogP contribution in [0.15, 0.2) is 0 Å². The zero-order valence-electron chi connectivity index (χ0n) is 9.45. The number of likely N-dealkylation sites (tertiary alicyclic amines) is 1. The summed E-state index contributed by atoms with van der Waals surface area (Å²) in [6.07, 6.45) is 0.587. The number of amides is 2. The first kappa shape index (κ1) is 11.8. The highest BCUT2D eigenvalue weighted by molar-refractivity contribution is 5.73. The Morgan fingerprint density at radius 1 is 1.40 bits per heavy atom. The van der Waals surface area contributed by atoms with Crippen molar-refractivity contribution in [2.45, 2.75) is 26.3 Å². The summed E-state index contributed by atoms with van der Waals surface area (Å²) in [6, 6.07) is 0.0466.